The summed E-state index contributed by atoms with van der Waals surface area (Å²) in [6, 6.07) is 15.4. The second-order valence-electron chi connectivity index (χ2n) is 5.79. The molecule has 0 atom stereocenters. The highest BCUT2D eigenvalue weighted by molar-refractivity contribution is 7.98. The molecule has 0 aliphatic rings. The molecule has 5 heteroatoms. The molecule has 1 amide bonds. The minimum atomic E-state index is -0.0995. The lowest BCUT2D eigenvalue weighted by Gasteiger charge is -2.09. The molecular formula is C20H19N3OS. The van der Waals surface area contributed by atoms with E-state index in [1.807, 2.05) is 50.2 Å². The Bertz CT molecular complexity index is 864. The van der Waals surface area contributed by atoms with Crippen LogP contribution in [-0.2, 0) is 5.75 Å². The highest BCUT2D eigenvalue weighted by Gasteiger charge is 2.08. The van der Waals surface area contributed by atoms with Gasteiger partial charge in [0, 0.05) is 29.4 Å². The molecule has 3 rings (SSSR count). The molecule has 1 aromatic heterocycles. The van der Waals surface area contributed by atoms with E-state index in [4.69, 9.17) is 0 Å². The number of nitrogens with one attached hydrogen (secondary N) is 1. The Kier molecular flexibility index (Phi) is 5.46. The summed E-state index contributed by atoms with van der Waals surface area (Å²) in [6.45, 7) is 4.03. The van der Waals surface area contributed by atoms with Gasteiger partial charge in [0.2, 0.25) is 0 Å². The Balaban J connectivity index is 1.62. The Morgan fingerprint density at radius 2 is 1.76 bits per heavy atom. The lowest BCUT2D eigenvalue weighted by atomic mass is 10.1. The molecule has 126 valence electrons. The fourth-order valence-electron chi connectivity index (χ4n) is 2.41. The van der Waals surface area contributed by atoms with Crippen molar-refractivity contribution in [2.24, 2.45) is 0 Å². The van der Waals surface area contributed by atoms with Crippen molar-refractivity contribution >= 4 is 23.4 Å². The van der Waals surface area contributed by atoms with Gasteiger partial charge in [0.15, 0.2) is 5.16 Å². The van der Waals surface area contributed by atoms with E-state index in [0.29, 0.717) is 5.56 Å². The lowest BCUT2D eigenvalue weighted by Crippen LogP contribution is -2.12. The maximum Gasteiger partial charge on any atom is 0.255 e. The van der Waals surface area contributed by atoms with Crippen LogP contribution in [0.25, 0.3) is 0 Å². The molecule has 0 radical (unpaired) electrons. The van der Waals surface area contributed by atoms with Crippen molar-refractivity contribution in [3.63, 3.8) is 0 Å². The number of thioether (sulfide) groups is 1. The second kappa shape index (κ2) is 7.94. The monoisotopic (exact) mass is 349 g/mol. The first-order valence-corrected chi connectivity index (χ1v) is 8.98. The van der Waals surface area contributed by atoms with Crippen molar-refractivity contribution < 1.29 is 4.79 Å². The van der Waals surface area contributed by atoms with E-state index in [-0.39, 0.29) is 5.91 Å². The molecule has 0 aliphatic carbocycles. The molecule has 0 spiro atoms. The minimum Gasteiger partial charge on any atom is -0.322 e. The van der Waals surface area contributed by atoms with Gasteiger partial charge in [-0.3, -0.25) is 4.79 Å². The van der Waals surface area contributed by atoms with Crippen LogP contribution in [0.2, 0.25) is 0 Å². The fraction of sp³-hybridized carbons (Fsp3) is 0.150. The third-order valence-corrected chi connectivity index (χ3v) is 4.70. The van der Waals surface area contributed by atoms with Crippen molar-refractivity contribution in [3.8, 4) is 0 Å². The normalized spacial score (nSPS) is 10.5. The van der Waals surface area contributed by atoms with Gasteiger partial charge in [-0.2, -0.15) is 0 Å². The number of carbonyl (C=O) groups is 1. The molecule has 1 heterocycles. The first kappa shape index (κ1) is 17.2. The third kappa shape index (κ3) is 4.67. The summed E-state index contributed by atoms with van der Waals surface area (Å²) in [4.78, 5) is 20.8. The SMILES string of the molecule is Cc1ccc(NC(=O)c2ccc(CSc3ncccn3)cc2)c(C)c1. The minimum absolute atomic E-state index is 0.0995. The topological polar surface area (TPSA) is 54.9 Å². The zero-order valence-corrected chi connectivity index (χ0v) is 15.0. The molecule has 0 bridgehead atoms. The van der Waals surface area contributed by atoms with Crippen LogP contribution in [0.5, 0.6) is 0 Å². The van der Waals surface area contributed by atoms with Gasteiger partial charge in [-0.25, -0.2) is 9.97 Å². The van der Waals surface area contributed by atoms with E-state index >= 15 is 0 Å². The fourth-order valence-corrected chi connectivity index (χ4v) is 3.17. The van der Waals surface area contributed by atoms with Crippen LogP contribution in [-0.4, -0.2) is 15.9 Å². The summed E-state index contributed by atoms with van der Waals surface area (Å²) < 4.78 is 0. The van der Waals surface area contributed by atoms with Gasteiger partial charge in [0.1, 0.15) is 0 Å². The number of carbonyl (C=O) groups excluding carboxylic acids is 1. The predicted molar refractivity (Wildman–Crippen MR) is 102 cm³/mol. The van der Waals surface area contributed by atoms with Crippen molar-refractivity contribution in [1.29, 1.82) is 0 Å². The van der Waals surface area contributed by atoms with Crippen molar-refractivity contribution in [3.05, 3.63) is 83.2 Å². The Labute approximate surface area is 151 Å². The number of nitrogens with zero attached hydrogens (tertiary/aromatic N) is 2. The summed E-state index contributed by atoms with van der Waals surface area (Å²) in [6.07, 6.45) is 3.46. The average molecular weight is 349 g/mol. The first-order chi connectivity index (χ1) is 12.1. The second-order valence-corrected chi connectivity index (χ2v) is 6.73. The summed E-state index contributed by atoms with van der Waals surface area (Å²) >= 11 is 1.57. The predicted octanol–water partition coefficient (Wildman–Crippen LogP) is 4.64. The molecule has 0 saturated heterocycles. The molecule has 25 heavy (non-hydrogen) atoms. The molecule has 0 aliphatic heterocycles. The van der Waals surface area contributed by atoms with Gasteiger partial charge >= 0.3 is 0 Å². The Hall–Kier alpha value is -2.66. The molecule has 0 saturated carbocycles. The number of amides is 1. The number of aromatic nitrogens is 2. The standard InChI is InChI=1S/C20H19N3OS/c1-14-4-9-18(15(2)12-14)23-19(24)17-7-5-16(6-8-17)13-25-20-21-10-3-11-22-20/h3-12H,13H2,1-2H3,(H,23,24). The van der Waals surface area contributed by atoms with Crippen molar-refractivity contribution in [2.75, 3.05) is 5.32 Å². The first-order valence-electron chi connectivity index (χ1n) is 7.99. The number of hydrogen-bond donors (Lipinski definition) is 1. The van der Waals surface area contributed by atoms with Crippen LogP contribution in [0, 0.1) is 13.8 Å². The Morgan fingerprint density at radius 1 is 1.04 bits per heavy atom. The molecular weight excluding hydrogens is 330 g/mol. The molecule has 2 aromatic carbocycles. The summed E-state index contributed by atoms with van der Waals surface area (Å²) in [5.41, 5.74) is 4.85. The maximum absolute atomic E-state index is 12.4. The highest BCUT2D eigenvalue weighted by atomic mass is 32.2. The van der Waals surface area contributed by atoms with Crippen LogP contribution in [0.3, 0.4) is 0 Å². The number of aryl methyl sites for hydroxylation is 2. The quantitative estimate of drug-likeness (QED) is 0.539. The van der Waals surface area contributed by atoms with Crippen molar-refractivity contribution in [1.82, 2.24) is 9.97 Å². The van der Waals surface area contributed by atoms with Crippen LogP contribution in [0.4, 0.5) is 5.69 Å². The Morgan fingerprint density at radius 3 is 2.44 bits per heavy atom. The van der Waals surface area contributed by atoms with Gasteiger partial charge in [0.05, 0.1) is 0 Å². The summed E-state index contributed by atoms with van der Waals surface area (Å²) in [5, 5.41) is 3.72. The number of rotatable bonds is 5. The smallest absolute Gasteiger partial charge is 0.255 e. The number of anilines is 1. The van der Waals surface area contributed by atoms with Gasteiger partial charge in [-0.15, -0.1) is 0 Å². The highest BCUT2D eigenvalue weighted by Crippen LogP contribution is 2.20. The van der Waals surface area contributed by atoms with Crippen LogP contribution < -0.4 is 5.32 Å². The average Bonchev–Trinajstić information content (AvgIpc) is 2.63. The molecule has 3 aromatic rings. The molecule has 4 nitrogen and oxygen atoms in total. The van der Waals surface area contributed by atoms with E-state index < -0.39 is 0 Å². The number of benzene rings is 2. The van der Waals surface area contributed by atoms with Gasteiger partial charge in [0.25, 0.3) is 5.91 Å². The van der Waals surface area contributed by atoms with Gasteiger partial charge in [-0.05, 0) is 49.2 Å². The third-order valence-electron chi connectivity index (χ3n) is 3.76. The van der Waals surface area contributed by atoms with Crippen molar-refractivity contribution in [2.45, 2.75) is 24.8 Å². The van der Waals surface area contributed by atoms with E-state index in [9.17, 15) is 4.79 Å². The van der Waals surface area contributed by atoms with E-state index in [1.54, 1.807) is 30.2 Å². The summed E-state index contributed by atoms with van der Waals surface area (Å²) in [5.74, 6) is 0.667. The van der Waals surface area contributed by atoms with Crippen LogP contribution >= 0.6 is 11.8 Å². The molecule has 1 N–H and O–H groups in total. The van der Waals surface area contributed by atoms with E-state index in [1.165, 1.54) is 5.56 Å². The van der Waals surface area contributed by atoms with E-state index in [2.05, 4.69) is 21.4 Å². The van der Waals surface area contributed by atoms with Crippen LogP contribution in [0.1, 0.15) is 27.0 Å². The van der Waals surface area contributed by atoms with Crippen LogP contribution in [0.15, 0.2) is 66.1 Å². The lowest BCUT2D eigenvalue weighted by molar-refractivity contribution is 0.102. The number of hydrogen-bond acceptors (Lipinski definition) is 4. The van der Waals surface area contributed by atoms with E-state index in [0.717, 1.165) is 27.7 Å². The maximum atomic E-state index is 12.4. The van der Waals surface area contributed by atoms with Gasteiger partial charge in [-0.1, -0.05) is 41.6 Å². The largest absolute Gasteiger partial charge is 0.322 e. The molecule has 0 fully saturated rings. The zero-order chi connectivity index (χ0) is 17.6. The summed E-state index contributed by atoms with van der Waals surface area (Å²) in [7, 11) is 0. The van der Waals surface area contributed by atoms with Gasteiger partial charge < -0.3 is 5.32 Å². The zero-order valence-electron chi connectivity index (χ0n) is 14.2. The molecule has 0 unspecified atom stereocenters.